The minimum Gasteiger partial charge on any atom is -0.495 e. The Labute approximate surface area is 125 Å². The lowest BCUT2D eigenvalue weighted by Crippen LogP contribution is -2.27. The van der Waals surface area contributed by atoms with Crippen molar-refractivity contribution in [3.63, 3.8) is 0 Å². The summed E-state index contributed by atoms with van der Waals surface area (Å²) < 4.78 is 28.1. The van der Waals surface area contributed by atoms with Crippen molar-refractivity contribution in [1.29, 1.82) is 0 Å². The van der Waals surface area contributed by atoms with Gasteiger partial charge in [-0.1, -0.05) is 19.9 Å². The highest BCUT2D eigenvalue weighted by atomic mass is 32.2. The molecule has 1 aromatic carbocycles. The van der Waals surface area contributed by atoms with Gasteiger partial charge in [0.05, 0.1) is 13.2 Å². The van der Waals surface area contributed by atoms with Crippen molar-refractivity contribution in [1.82, 2.24) is 5.32 Å². The standard InChI is InChI=1S/C14H22N2O4S/c1-9(2)7-14(17)16-10(3)11-5-6-12(20-4)13(8-11)21(15,18)19/h5-6,8-10H,7H2,1-4H3,(H,16,17)(H2,15,18,19). The average Bonchev–Trinajstić information content (AvgIpc) is 2.35. The highest BCUT2D eigenvalue weighted by molar-refractivity contribution is 7.89. The van der Waals surface area contributed by atoms with Gasteiger partial charge in [-0.15, -0.1) is 0 Å². The van der Waals surface area contributed by atoms with Crippen molar-refractivity contribution in [3.8, 4) is 5.75 Å². The average molecular weight is 314 g/mol. The second kappa shape index (κ2) is 6.91. The number of amides is 1. The third-order valence-electron chi connectivity index (χ3n) is 2.97. The fourth-order valence-corrected chi connectivity index (χ4v) is 2.67. The zero-order valence-corrected chi connectivity index (χ0v) is 13.5. The molecule has 6 nitrogen and oxygen atoms in total. The zero-order valence-electron chi connectivity index (χ0n) is 12.7. The van der Waals surface area contributed by atoms with E-state index in [-0.39, 0.29) is 28.5 Å². The van der Waals surface area contributed by atoms with E-state index in [1.165, 1.54) is 19.2 Å². The van der Waals surface area contributed by atoms with Crippen molar-refractivity contribution in [2.45, 2.75) is 38.1 Å². The molecule has 0 heterocycles. The lowest BCUT2D eigenvalue weighted by molar-refractivity contribution is -0.122. The molecule has 1 atom stereocenters. The van der Waals surface area contributed by atoms with E-state index in [0.29, 0.717) is 12.0 Å². The molecular weight excluding hydrogens is 292 g/mol. The molecule has 118 valence electrons. The first-order valence-corrected chi connectivity index (χ1v) is 8.20. The molecule has 1 aromatic rings. The Balaban J connectivity index is 3.01. The first-order valence-electron chi connectivity index (χ1n) is 6.65. The van der Waals surface area contributed by atoms with Crippen LogP contribution in [0.2, 0.25) is 0 Å². The number of nitrogens with one attached hydrogen (secondary N) is 1. The summed E-state index contributed by atoms with van der Waals surface area (Å²) in [5.41, 5.74) is 0.650. The van der Waals surface area contributed by atoms with Crippen LogP contribution < -0.4 is 15.2 Å². The fourth-order valence-electron chi connectivity index (χ4n) is 1.94. The van der Waals surface area contributed by atoms with Crippen LogP contribution in [0.5, 0.6) is 5.75 Å². The van der Waals surface area contributed by atoms with E-state index < -0.39 is 10.0 Å². The van der Waals surface area contributed by atoms with Gasteiger partial charge in [0.2, 0.25) is 15.9 Å². The Morgan fingerprint density at radius 3 is 2.43 bits per heavy atom. The number of rotatable bonds is 6. The second-order valence-corrected chi connectivity index (χ2v) is 6.87. The number of benzene rings is 1. The number of methoxy groups -OCH3 is 1. The molecule has 0 bridgehead atoms. The monoisotopic (exact) mass is 314 g/mol. The molecule has 0 aliphatic rings. The third kappa shape index (κ3) is 5.02. The summed E-state index contributed by atoms with van der Waals surface area (Å²) in [7, 11) is -2.51. The maximum Gasteiger partial charge on any atom is 0.241 e. The van der Waals surface area contributed by atoms with Crippen molar-refractivity contribution in [3.05, 3.63) is 23.8 Å². The van der Waals surface area contributed by atoms with Gasteiger partial charge in [0.1, 0.15) is 10.6 Å². The van der Waals surface area contributed by atoms with Crippen molar-refractivity contribution < 1.29 is 17.9 Å². The number of ether oxygens (including phenoxy) is 1. The summed E-state index contributed by atoms with van der Waals surface area (Å²) in [6.45, 7) is 5.69. The molecule has 1 unspecified atom stereocenters. The van der Waals surface area contributed by atoms with Crippen molar-refractivity contribution in [2.75, 3.05) is 7.11 Å². The molecule has 1 rings (SSSR count). The van der Waals surface area contributed by atoms with Gasteiger partial charge in [0.15, 0.2) is 0 Å². The van der Waals surface area contributed by atoms with Gasteiger partial charge in [-0.25, -0.2) is 13.6 Å². The molecule has 3 N–H and O–H groups in total. The van der Waals surface area contributed by atoms with E-state index in [4.69, 9.17) is 9.88 Å². The Morgan fingerprint density at radius 1 is 1.33 bits per heavy atom. The number of primary sulfonamides is 1. The fraction of sp³-hybridized carbons (Fsp3) is 0.500. The first-order chi connectivity index (χ1) is 9.65. The number of sulfonamides is 1. The third-order valence-corrected chi connectivity index (χ3v) is 3.90. The minimum atomic E-state index is -3.89. The van der Waals surface area contributed by atoms with Gasteiger partial charge in [0, 0.05) is 6.42 Å². The summed E-state index contributed by atoms with van der Waals surface area (Å²) in [6.07, 6.45) is 0.419. The van der Waals surface area contributed by atoms with Crippen LogP contribution in [0.4, 0.5) is 0 Å². The minimum absolute atomic E-state index is 0.0783. The smallest absolute Gasteiger partial charge is 0.241 e. The molecule has 0 saturated carbocycles. The summed E-state index contributed by atoms with van der Waals surface area (Å²) in [6, 6.07) is 4.34. The van der Waals surface area contributed by atoms with Gasteiger partial charge < -0.3 is 10.1 Å². The molecule has 0 aliphatic carbocycles. The number of carbonyl (C=O) groups is 1. The topological polar surface area (TPSA) is 98.5 Å². The summed E-state index contributed by atoms with van der Waals surface area (Å²) in [4.78, 5) is 11.7. The molecule has 0 saturated heterocycles. The normalized spacial score (nSPS) is 13.0. The van der Waals surface area contributed by atoms with Gasteiger partial charge in [-0.2, -0.15) is 0 Å². The van der Waals surface area contributed by atoms with Crippen molar-refractivity contribution >= 4 is 15.9 Å². The maximum absolute atomic E-state index is 11.8. The molecule has 0 spiro atoms. The molecule has 0 aliphatic heterocycles. The lowest BCUT2D eigenvalue weighted by Gasteiger charge is -2.17. The van der Waals surface area contributed by atoms with Crippen LogP contribution in [-0.4, -0.2) is 21.4 Å². The van der Waals surface area contributed by atoms with Crippen LogP contribution in [0, 0.1) is 5.92 Å². The van der Waals surface area contributed by atoms with Crippen molar-refractivity contribution in [2.24, 2.45) is 11.1 Å². The molecule has 21 heavy (non-hydrogen) atoms. The van der Waals surface area contributed by atoms with Crippen LogP contribution in [-0.2, 0) is 14.8 Å². The molecule has 1 amide bonds. The molecule has 7 heteroatoms. The number of hydrogen-bond acceptors (Lipinski definition) is 4. The predicted octanol–water partition coefficient (Wildman–Crippen LogP) is 1.57. The first kappa shape index (κ1) is 17.5. The highest BCUT2D eigenvalue weighted by Gasteiger charge is 2.18. The number of nitrogens with two attached hydrogens (primary N) is 1. The molecule has 0 fully saturated rings. The van der Waals surface area contributed by atoms with E-state index in [0.717, 1.165) is 0 Å². The predicted molar refractivity (Wildman–Crippen MR) is 80.4 cm³/mol. The van der Waals surface area contributed by atoms with Crippen LogP contribution in [0.3, 0.4) is 0 Å². The Hall–Kier alpha value is -1.60. The zero-order chi connectivity index (χ0) is 16.2. The Bertz CT molecular complexity index is 611. The van der Waals surface area contributed by atoms with Gasteiger partial charge in [0.25, 0.3) is 0 Å². The number of carbonyl (C=O) groups excluding carboxylic acids is 1. The van der Waals surface area contributed by atoms with Gasteiger partial charge >= 0.3 is 0 Å². The van der Waals surface area contributed by atoms with E-state index >= 15 is 0 Å². The Kier molecular flexibility index (Phi) is 5.74. The van der Waals surface area contributed by atoms with Crippen LogP contribution in [0.1, 0.15) is 38.8 Å². The highest BCUT2D eigenvalue weighted by Crippen LogP contribution is 2.26. The van der Waals surface area contributed by atoms with Gasteiger partial charge in [-0.05, 0) is 30.5 Å². The second-order valence-electron chi connectivity index (χ2n) is 5.34. The van der Waals surface area contributed by atoms with Crippen LogP contribution in [0.25, 0.3) is 0 Å². The molecule has 0 aromatic heterocycles. The SMILES string of the molecule is COc1ccc(C(C)NC(=O)CC(C)C)cc1S(N)(=O)=O. The largest absolute Gasteiger partial charge is 0.495 e. The van der Waals surface area contributed by atoms with E-state index in [1.54, 1.807) is 13.0 Å². The van der Waals surface area contributed by atoms with Crippen LogP contribution >= 0.6 is 0 Å². The summed E-state index contributed by atoms with van der Waals surface area (Å²) in [5.74, 6) is 0.362. The van der Waals surface area contributed by atoms with Crippen LogP contribution in [0.15, 0.2) is 23.1 Å². The lowest BCUT2D eigenvalue weighted by atomic mass is 10.1. The van der Waals surface area contributed by atoms with E-state index in [9.17, 15) is 13.2 Å². The van der Waals surface area contributed by atoms with E-state index in [2.05, 4.69) is 5.32 Å². The quantitative estimate of drug-likeness (QED) is 0.832. The number of hydrogen-bond donors (Lipinski definition) is 2. The Morgan fingerprint density at radius 2 is 1.95 bits per heavy atom. The summed E-state index contributed by atoms with van der Waals surface area (Å²) >= 11 is 0. The van der Waals surface area contributed by atoms with Gasteiger partial charge in [-0.3, -0.25) is 4.79 Å². The van der Waals surface area contributed by atoms with E-state index in [1.807, 2.05) is 13.8 Å². The molecular formula is C14H22N2O4S. The molecule has 0 radical (unpaired) electrons. The maximum atomic E-state index is 11.8. The summed E-state index contributed by atoms with van der Waals surface area (Å²) in [5, 5.41) is 8.00.